The highest BCUT2D eigenvalue weighted by Gasteiger charge is 2.33. The molecule has 0 unspecified atom stereocenters. The zero-order valence-electron chi connectivity index (χ0n) is 22.1. The molecular weight excluding hydrogens is 557 g/mol. The number of nitrogens with zero attached hydrogens (tertiary/aromatic N) is 2. The summed E-state index contributed by atoms with van der Waals surface area (Å²) in [4.78, 5) is 28.9. The van der Waals surface area contributed by atoms with Crippen LogP contribution in [0.3, 0.4) is 0 Å². The fourth-order valence-corrected chi connectivity index (χ4v) is 6.32. The molecule has 1 saturated carbocycles. The molecule has 0 bridgehead atoms. The van der Waals surface area contributed by atoms with E-state index in [-0.39, 0.29) is 18.5 Å². The van der Waals surface area contributed by atoms with Crippen LogP contribution < -0.4 is 9.62 Å². The molecule has 1 aliphatic carbocycles. The molecule has 1 atom stereocenters. The topological polar surface area (TPSA) is 86.8 Å². The summed E-state index contributed by atoms with van der Waals surface area (Å²) in [6.45, 7) is 1.45. The summed E-state index contributed by atoms with van der Waals surface area (Å²) in [5.74, 6) is -0.735. The maximum Gasteiger partial charge on any atom is 0.244 e. The third-order valence-corrected chi connectivity index (χ3v) is 9.00. The van der Waals surface area contributed by atoms with Crippen LogP contribution in [0.15, 0.2) is 60.7 Å². The van der Waals surface area contributed by atoms with Crippen molar-refractivity contribution in [2.75, 3.05) is 17.1 Å². The standard InChI is InChI=1S/C29H33Cl2N3O4S/c1-3-26(29(36)32-22-11-5-6-12-22)33(18-20-15-16-24(30)25(31)17-20)28(35)19-34(39(2,37)38)27-14-8-10-21-9-4-7-13-23(21)27/h4,7-10,13-17,22,26H,3,5-6,11-12,18-19H2,1-2H3,(H,32,36)/t26-/m1/s1. The Balaban J connectivity index is 1.70. The SMILES string of the molecule is CC[C@H](C(=O)NC1CCCC1)N(Cc1ccc(Cl)c(Cl)c1)C(=O)CN(c1cccc2ccccc12)S(C)(=O)=O. The van der Waals surface area contributed by atoms with Crippen LogP contribution in [0.25, 0.3) is 10.8 Å². The van der Waals surface area contributed by atoms with Gasteiger partial charge in [0.15, 0.2) is 0 Å². The molecule has 1 fully saturated rings. The molecule has 4 rings (SSSR count). The Morgan fingerprint density at radius 2 is 1.69 bits per heavy atom. The van der Waals surface area contributed by atoms with E-state index in [1.54, 1.807) is 30.3 Å². The zero-order valence-corrected chi connectivity index (χ0v) is 24.4. The van der Waals surface area contributed by atoms with E-state index in [0.717, 1.165) is 41.6 Å². The van der Waals surface area contributed by atoms with Gasteiger partial charge in [0.05, 0.1) is 22.0 Å². The van der Waals surface area contributed by atoms with Gasteiger partial charge in [0.1, 0.15) is 12.6 Å². The summed E-state index contributed by atoms with van der Waals surface area (Å²) >= 11 is 12.3. The molecule has 0 spiro atoms. The molecule has 3 aromatic carbocycles. The second-order valence-electron chi connectivity index (χ2n) is 9.95. The molecule has 0 saturated heterocycles. The van der Waals surface area contributed by atoms with Gasteiger partial charge in [0.25, 0.3) is 0 Å². The van der Waals surface area contributed by atoms with Gasteiger partial charge in [-0.3, -0.25) is 13.9 Å². The number of carbonyl (C=O) groups excluding carboxylic acids is 2. The summed E-state index contributed by atoms with van der Waals surface area (Å²) in [5.41, 5.74) is 1.09. The highest BCUT2D eigenvalue weighted by molar-refractivity contribution is 7.92. The van der Waals surface area contributed by atoms with E-state index in [9.17, 15) is 18.0 Å². The van der Waals surface area contributed by atoms with Crippen molar-refractivity contribution in [2.45, 2.75) is 57.7 Å². The van der Waals surface area contributed by atoms with Crippen LogP contribution in [0.1, 0.15) is 44.6 Å². The lowest BCUT2D eigenvalue weighted by Crippen LogP contribution is -2.53. The van der Waals surface area contributed by atoms with Crippen molar-refractivity contribution in [3.05, 3.63) is 76.3 Å². The van der Waals surface area contributed by atoms with E-state index >= 15 is 0 Å². The highest BCUT2D eigenvalue weighted by Crippen LogP contribution is 2.29. The minimum absolute atomic E-state index is 0.0689. The van der Waals surface area contributed by atoms with E-state index < -0.39 is 28.5 Å². The van der Waals surface area contributed by atoms with Crippen LogP contribution >= 0.6 is 23.2 Å². The Labute approximate surface area is 240 Å². The van der Waals surface area contributed by atoms with E-state index in [1.807, 2.05) is 37.3 Å². The van der Waals surface area contributed by atoms with Gasteiger partial charge < -0.3 is 10.2 Å². The van der Waals surface area contributed by atoms with Crippen LogP contribution in [-0.2, 0) is 26.2 Å². The number of anilines is 1. The van der Waals surface area contributed by atoms with Gasteiger partial charge in [0.2, 0.25) is 21.8 Å². The highest BCUT2D eigenvalue weighted by atomic mass is 35.5. The molecular formula is C29H33Cl2N3O4S. The number of hydrogen-bond acceptors (Lipinski definition) is 4. The third kappa shape index (κ3) is 7.04. The van der Waals surface area contributed by atoms with Crippen molar-refractivity contribution in [1.82, 2.24) is 10.2 Å². The molecule has 7 nitrogen and oxygen atoms in total. The van der Waals surface area contributed by atoms with E-state index in [4.69, 9.17) is 23.2 Å². The smallest absolute Gasteiger partial charge is 0.244 e. The monoisotopic (exact) mass is 589 g/mol. The Morgan fingerprint density at radius 3 is 2.36 bits per heavy atom. The Bertz CT molecular complexity index is 1450. The predicted octanol–water partition coefficient (Wildman–Crippen LogP) is 5.78. The molecule has 10 heteroatoms. The van der Waals surface area contributed by atoms with E-state index in [0.29, 0.717) is 33.1 Å². The summed E-state index contributed by atoms with van der Waals surface area (Å²) < 4.78 is 27.2. The average molecular weight is 591 g/mol. The molecule has 0 aromatic heterocycles. The van der Waals surface area contributed by atoms with E-state index in [1.165, 1.54) is 4.90 Å². The van der Waals surface area contributed by atoms with Crippen molar-refractivity contribution in [3.63, 3.8) is 0 Å². The lowest BCUT2D eigenvalue weighted by Gasteiger charge is -2.33. The fourth-order valence-electron chi connectivity index (χ4n) is 5.14. The average Bonchev–Trinajstić information content (AvgIpc) is 3.41. The number of benzene rings is 3. The van der Waals surface area contributed by atoms with Crippen LogP contribution in [0.5, 0.6) is 0 Å². The zero-order chi connectivity index (χ0) is 28.2. The third-order valence-electron chi connectivity index (χ3n) is 7.14. The summed E-state index contributed by atoms with van der Waals surface area (Å²) in [6.07, 6.45) is 5.37. The number of halogens is 2. The van der Waals surface area contributed by atoms with Gasteiger partial charge in [-0.15, -0.1) is 0 Å². The van der Waals surface area contributed by atoms with Crippen molar-refractivity contribution in [3.8, 4) is 0 Å². The van der Waals surface area contributed by atoms with Crippen molar-refractivity contribution in [1.29, 1.82) is 0 Å². The van der Waals surface area contributed by atoms with Crippen LogP contribution in [0.4, 0.5) is 5.69 Å². The molecule has 3 aromatic rings. The largest absolute Gasteiger partial charge is 0.352 e. The Kier molecular flexibility index (Phi) is 9.41. The molecule has 0 radical (unpaired) electrons. The Morgan fingerprint density at radius 1 is 1.00 bits per heavy atom. The number of sulfonamides is 1. The maximum atomic E-state index is 14.0. The first-order valence-electron chi connectivity index (χ1n) is 13.1. The first-order valence-corrected chi connectivity index (χ1v) is 15.7. The lowest BCUT2D eigenvalue weighted by molar-refractivity contribution is -0.140. The number of carbonyl (C=O) groups is 2. The summed E-state index contributed by atoms with van der Waals surface area (Å²) in [7, 11) is -3.85. The molecule has 0 heterocycles. The lowest BCUT2D eigenvalue weighted by atomic mass is 10.1. The van der Waals surface area contributed by atoms with Crippen LogP contribution in [0, 0.1) is 0 Å². The van der Waals surface area contributed by atoms with Gasteiger partial charge in [-0.05, 0) is 48.4 Å². The first-order chi connectivity index (χ1) is 18.6. The van der Waals surface area contributed by atoms with Gasteiger partial charge in [-0.25, -0.2) is 8.42 Å². The van der Waals surface area contributed by atoms with Gasteiger partial charge in [-0.1, -0.05) is 85.4 Å². The second kappa shape index (κ2) is 12.6. The minimum atomic E-state index is -3.85. The quantitative estimate of drug-likeness (QED) is 0.325. The van der Waals surface area contributed by atoms with Crippen molar-refractivity contribution >= 4 is 61.5 Å². The molecule has 208 valence electrons. The van der Waals surface area contributed by atoms with Gasteiger partial charge >= 0.3 is 0 Å². The number of amides is 2. The second-order valence-corrected chi connectivity index (χ2v) is 12.7. The van der Waals surface area contributed by atoms with Crippen molar-refractivity contribution < 1.29 is 18.0 Å². The fraction of sp³-hybridized carbons (Fsp3) is 0.379. The Hall–Kier alpha value is -2.81. The molecule has 2 amide bonds. The van der Waals surface area contributed by atoms with Crippen LogP contribution in [-0.4, -0.2) is 50.0 Å². The molecule has 1 N–H and O–H groups in total. The van der Waals surface area contributed by atoms with Crippen molar-refractivity contribution in [2.24, 2.45) is 0 Å². The molecule has 39 heavy (non-hydrogen) atoms. The summed E-state index contributed by atoms with van der Waals surface area (Å²) in [5, 5.41) is 5.37. The predicted molar refractivity (Wildman–Crippen MR) is 158 cm³/mol. The molecule has 1 aliphatic rings. The van der Waals surface area contributed by atoms with Gasteiger partial charge in [-0.2, -0.15) is 0 Å². The maximum absolute atomic E-state index is 14.0. The van der Waals surface area contributed by atoms with E-state index in [2.05, 4.69) is 5.32 Å². The van der Waals surface area contributed by atoms with Crippen LogP contribution in [0.2, 0.25) is 10.0 Å². The normalized spacial score (nSPS) is 14.8. The first kappa shape index (κ1) is 29.2. The summed E-state index contributed by atoms with van der Waals surface area (Å²) in [6, 6.07) is 17.1. The number of hydrogen-bond donors (Lipinski definition) is 1. The van der Waals surface area contributed by atoms with Gasteiger partial charge in [0, 0.05) is 18.0 Å². The number of nitrogens with one attached hydrogen (secondary N) is 1. The number of fused-ring (bicyclic) bond motifs is 1. The number of rotatable bonds is 10. The molecule has 0 aliphatic heterocycles. The minimum Gasteiger partial charge on any atom is -0.352 e.